The largest absolute Gasteiger partial charge is 0.457 e. The molecule has 2 rings (SSSR count). The van der Waals surface area contributed by atoms with Crippen LogP contribution in [0.25, 0.3) is 0 Å². The first kappa shape index (κ1) is 12.7. The SMILES string of the molecule is O=C(Nc1ccc(Br)c(Cl)c1)c1ccoc1Br. The van der Waals surface area contributed by atoms with Crippen molar-refractivity contribution in [2.75, 3.05) is 5.32 Å². The summed E-state index contributed by atoms with van der Waals surface area (Å²) in [6, 6.07) is 6.77. The molecule has 0 radical (unpaired) electrons. The summed E-state index contributed by atoms with van der Waals surface area (Å²) in [5.74, 6) is -0.260. The van der Waals surface area contributed by atoms with Gasteiger partial charge >= 0.3 is 0 Å². The van der Waals surface area contributed by atoms with Crippen molar-refractivity contribution in [1.29, 1.82) is 0 Å². The quantitative estimate of drug-likeness (QED) is 0.821. The van der Waals surface area contributed by atoms with E-state index in [9.17, 15) is 4.79 Å². The van der Waals surface area contributed by atoms with E-state index in [-0.39, 0.29) is 5.91 Å². The molecule has 0 fully saturated rings. The summed E-state index contributed by atoms with van der Waals surface area (Å²) < 4.78 is 6.17. The smallest absolute Gasteiger partial charge is 0.260 e. The number of furan rings is 1. The molecule has 17 heavy (non-hydrogen) atoms. The molecule has 0 aliphatic carbocycles. The minimum Gasteiger partial charge on any atom is -0.457 e. The zero-order valence-corrected chi connectivity index (χ0v) is 12.3. The lowest BCUT2D eigenvalue weighted by molar-refractivity contribution is 0.102. The van der Waals surface area contributed by atoms with Gasteiger partial charge in [-0.05, 0) is 56.1 Å². The molecule has 0 spiro atoms. The molecule has 0 aliphatic heterocycles. The monoisotopic (exact) mass is 377 g/mol. The number of rotatable bonds is 2. The predicted molar refractivity (Wildman–Crippen MR) is 73.5 cm³/mol. The summed E-state index contributed by atoms with van der Waals surface area (Å²) in [4.78, 5) is 11.8. The Balaban J connectivity index is 2.19. The summed E-state index contributed by atoms with van der Waals surface area (Å²) in [6.07, 6.45) is 1.44. The zero-order valence-electron chi connectivity index (χ0n) is 8.34. The molecule has 0 saturated carbocycles. The molecule has 1 N–H and O–H groups in total. The highest BCUT2D eigenvalue weighted by Gasteiger charge is 2.13. The molecule has 88 valence electrons. The normalized spacial score (nSPS) is 10.3. The lowest BCUT2D eigenvalue weighted by atomic mass is 10.3. The van der Waals surface area contributed by atoms with E-state index >= 15 is 0 Å². The summed E-state index contributed by atoms with van der Waals surface area (Å²) in [6.45, 7) is 0. The third kappa shape index (κ3) is 2.91. The Hall–Kier alpha value is -0.780. The summed E-state index contributed by atoms with van der Waals surface area (Å²) in [5, 5.41) is 3.26. The number of amides is 1. The van der Waals surface area contributed by atoms with Crippen molar-refractivity contribution in [2.45, 2.75) is 0 Å². The summed E-state index contributed by atoms with van der Waals surface area (Å²) in [7, 11) is 0. The van der Waals surface area contributed by atoms with Gasteiger partial charge in [0.25, 0.3) is 5.91 Å². The number of hydrogen-bond acceptors (Lipinski definition) is 2. The molecule has 3 nitrogen and oxygen atoms in total. The second kappa shape index (κ2) is 5.25. The van der Waals surface area contributed by atoms with Crippen LogP contribution in [0.4, 0.5) is 5.69 Å². The Kier molecular flexibility index (Phi) is 3.91. The maximum Gasteiger partial charge on any atom is 0.260 e. The number of nitrogens with one attached hydrogen (secondary N) is 1. The third-order valence-electron chi connectivity index (χ3n) is 2.04. The maximum atomic E-state index is 11.8. The van der Waals surface area contributed by atoms with Gasteiger partial charge in [0.2, 0.25) is 0 Å². The van der Waals surface area contributed by atoms with E-state index in [0.29, 0.717) is 20.9 Å². The molecule has 0 aliphatic rings. The fourth-order valence-electron chi connectivity index (χ4n) is 1.23. The highest BCUT2D eigenvalue weighted by Crippen LogP contribution is 2.26. The Labute approximate surface area is 119 Å². The maximum absolute atomic E-state index is 11.8. The van der Waals surface area contributed by atoms with E-state index in [0.717, 1.165) is 4.47 Å². The minimum absolute atomic E-state index is 0.260. The molecule has 0 saturated heterocycles. The highest BCUT2D eigenvalue weighted by molar-refractivity contribution is 9.10. The molecule has 0 bridgehead atoms. The van der Waals surface area contributed by atoms with Crippen LogP contribution < -0.4 is 5.32 Å². The molecular formula is C11H6Br2ClNO2. The van der Waals surface area contributed by atoms with Gasteiger partial charge in [0.05, 0.1) is 16.8 Å². The van der Waals surface area contributed by atoms with Crippen LogP contribution in [0.2, 0.25) is 5.02 Å². The van der Waals surface area contributed by atoms with Crippen LogP contribution in [-0.4, -0.2) is 5.91 Å². The van der Waals surface area contributed by atoms with Gasteiger partial charge in [-0.1, -0.05) is 11.6 Å². The average Bonchev–Trinajstić information content (AvgIpc) is 2.70. The number of hydrogen-bond donors (Lipinski definition) is 1. The molecule has 1 amide bonds. The van der Waals surface area contributed by atoms with E-state index < -0.39 is 0 Å². The van der Waals surface area contributed by atoms with Crippen molar-refractivity contribution in [2.24, 2.45) is 0 Å². The van der Waals surface area contributed by atoms with Crippen LogP contribution in [-0.2, 0) is 0 Å². The van der Waals surface area contributed by atoms with Crippen LogP contribution in [0, 0.1) is 0 Å². The molecular weight excluding hydrogens is 373 g/mol. The second-order valence-corrected chi connectivity index (χ2v) is 5.17. The number of benzene rings is 1. The predicted octanol–water partition coefficient (Wildman–Crippen LogP) is 4.71. The van der Waals surface area contributed by atoms with E-state index in [4.69, 9.17) is 16.0 Å². The van der Waals surface area contributed by atoms with E-state index in [1.54, 1.807) is 24.3 Å². The first-order chi connectivity index (χ1) is 8.08. The van der Waals surface area contributed by atoms with Crippen LogP contribution in [0.15, 0.2) is 44.1 Å². The summed E-state index contributed by atoms with van der Waals surface area (Å²) >= 11 is 12.4. The van der Waals surface area contributed by atoms with Gasteiger partial charge in [0, 0.05) is 10.2 Å². The van der Waals surface area contributed by atoms with E-state index in [1.807, 2.05) is 0 Å². The number of anilines is 1. The molecule has 1 aromatic heterocycles. The fourth-order valence-corrected chi connectivity index (χ4v) is 2.08. The number of carbonyl (C=O) groups is 1. The van der Waals surface area contributed by atoms with Crippen molar-refractivity contribution >= 4 is 55.1 Å². The van der Waals surface area contributed by atoms with Crippen molar-refractivity contribution in [1.82, 2.24) is 0 Å². The molecule has 0 atom stereocenters. The molecule has 1 heterocycles. The van der Waals surface area contributed by atoms with E-state index in [1.165, 1.54) is 6.26 Å². The summed E-state index contributed by atoms with van der Waals surface area (Å²) in [5.41, 5.74) is 1.06. The topological polar surface area (TPSA) is 42.2 Å². The van der Waals surface area contributed by atoms with Crippen molar-refractivity contribution in [3.8, 4) is 0 Å². The Morgan fingerprint density at radius 1 is 1.29 bits per heavy atom. The van der Waals surface area contributed by atoms with Gasteiger partial charge < -0.3 is 9.73 Å². The lowest BCUT2D eigenvalue weighted by Gasteiger charge is -2.05. The van der Waals surface area contributed by atoms with Crippen molar-refractivity contribution in [3.63, 3.8) is 0 Å². The zero-order chi connectivity index (χ0) is 12.4. The van der Waals surface area contributed by atoms with Crippen LogP contribution in [0.5, 0.6) is 0 Å². The van der Waals surface area contributed by atoms with Crippen molar-refractivity contribution in [3.05, 3.63) is 50.3 Å². The fraction of sp³-hybridized carbons (Fsp3) is 0. The average molecular weight is 379 g/mol. The third-order valence-corrected chi connectivity index (χ3v) is 3.89. The van der Waals surface area contributed by atoms with Crippen LogP contribution in [0.3, 0.4) is 0 Å². The Morgan fingerprint density at radius 2 is 2.06 bits per heavy atom. The van der Waals surface area contributed by atoms with Gasteiger partial charge in [0.15, 0.2) is 4.67 Å². The standard InChI is InChI=1S/C11H6Br2ClNO2/c12-8-2-1-6(5-9(8)14)15-11(16)7-3-4-17-10(7)13/h1-5H,(H,15,16). The number of halogens is 3. The molecule has 6 heteroatoms. The van der Waals surface area contributed by atoms with Crippen LogP contribution >= 0.6 is 43.5 Å². The molecule has 2 aromatic rings. The van der Waals surface area contributed by atoms with Gasteiger partial charge in [-0.15, -0.1) is 0 Å². The van der Waals surface area contributed by atoms with Gasteiger partial charge in [-0.25, -0.2) is 0 Å². The van der Waals surface area contributed by atoms with Gasteiger partial charge in [-0.3, -0.25) is 4.79 Å². The minimum atomic E-state index is -0.260. The van der Waals surface area contributed by atoms with E-state index in [2.05, 4.69) is 37.2 Å². The molecule has 1 aromatic carbocycles. The van der Waals surface area contributed by atoms with Crippen LogP contribution in [0.1, 0.15) is 10.4 Å². The number of carbonyl (C=O) groups excluding carboxylic acids is 1. The Morgan fingerprint density at radius 3 is 2.65 bits per heavy atom. The first-order valence-electron chi connectivity index (χ1n) is 4.57. The molecule has 0 unspecified atom stereocenters. The lowest BCUT2D eigenvalue weighted by Crippen LogP contribution is -2.11. The van der Waals surface area contributed by atoms with Gasteiger partial charge in [0.1, 0.15) is 0 Å². The first-order valence-corrected chi connectivity index (χ1v) is 6.53. The van der Waals surface area contributed by atoms with Crippen molar-refractivity contribution < 1.29 is 9.21 Å². The Bertz CT molecular complexity index is 568. The second-order valence-electron chi connectivity index (χ2n) is 3.19. The van der Waals surface area contributed by atoms with Gasteiger partial charge in [-0.2, -0.15) is 0 Å². The highest BCUT2D eigenvalue weighted by atomic mass is 79.9.